The third kappa shape index (κ3) is 4.83. The molecule has 1 atom stereocenters. The van der Waals surface area contributed by atoms with E-state index in [2.05, 4.69) is 24.3 Å². The Morgan fingerprint density at radius 1 is 0.971 bits per heavy atom. The third-order valence-corrected chi connectivity index (χ3v) is 8.26. The van der Waals surface area contributed by atoms with Gasteiger partial charge in [0.25, 0.3) is 0 Å². The molecule has 5 nitrogen and oxygen atoms in total. The summed E-state index contributed by atoms with van der Waals surface area (Å²) in [5.74, 6) is -0.372. The van der Waals surface area contributed by atoms with Crippen LogP contribution in [0.4, 0.5) is 0 Å². The van der Waals surface area contributed by atoms with Gasteiger partial charge in [0.15, 0.2) is 0 Å². The fourth-order valence-electron chi connectivity index (χ4n) is 4.66. The van der Waals surface area contributed by atoms with E-state index in [1.807, 2.05) is 61.5 Å². The van der Waals surface area contributed by atoms with Crippen molar-refractivity contribution in [1.29, 1.82) is 0 Å². The fourth-order valence-corrected chi connectivity index (χ4v) is 6.30. The molecule has 4 rings (SSSR count). The Hall–Kier alpha value is -3.22. The summed E-state index contributed by atoms with van der Waals surface area (Å²) >= 11 is 0. The molecule has 3 aromatic rings. The topological polar surface area (TPSA) is 63.7 Å². The zero-order chi connectivity index (χ0) is 24.2. The molecule has 0 aromatic heterocycles. The van der Waals surface area contributed by atoms with E-state index >= 15 is 0 Å². The quantitative estimate of drug-likeness (QED) is 0.362. The lowest BCUT2D eigenvalue weighted by Gasteiger charge is -2.30. The average Bonchev–Trinajstić information content (AvgIpc) is 3.25. The minimum atomic E-state index is -3.77. The predicted octanol–water partition coefficient (Wildman–Crippen LogP) is 4.86. The highest BCUT2D eigenvalue weighted by atomic mass is 32.2. The first-order valence-corrected chi connectivity index (χ1v) is 12.8. The van der Waals surface area contributed by atoms with E-state index in [1.54, 1.807) is 22.5 Å². The molecule has 1 fully saturated rings. The van der Waals surface area contributed by atoms with Crippen molar-refractivity contribution in [3.63, 3.8) is 0 Å². The van der Waals surface area contributed by atoms with Crippen molar-refractivity contribution in [2.45, 2.75) is 36.6 Å². The van der Waals surface area contributed by atoms with Gasteiger partial charge >= 0.3 is 5.97 Å². The second kappa shape index (κ2) is 9.95. The number of aryl methyl sites for hydroxylation is 1. The van der Waals surface area contributed by atoms with Crippen LogP contribution in [0.5, 0.6) is 0 Å². The maximum atomic E-state index is 13.9. The largest absolute Gasteiger partial charge is 0.462 e. The molecule has 1 aliphatic rings. The van der Waals surface area contributed by atoms with Gasteiger partial charge in [-0.25, -0.2) is 8.42 Å². The lowest BCUT2D eigenvalue weighted by molar-refractivity contribution is -0.139. The number of hydrogen-bond donors (Lipinski definition) is 0. The molecule has 0 aliphatic carbocycles. The SMILES string of the molecule is CC(=O)OC/C=C/C1CC(c2ccccc2)(c2ccccc2)CN1S(=O)(=O)c1ccc(C)cc1. The Balaban J connectivity index is 1.81. The molecule has 6 heteroatoms. The summed E-state index contributed by atoms with van der Waals surface area (Å²) in [6.07, 6.45) is 4.15. The molecular formula is C28H29NO4S. The molecule has 0 spiro atoms. The first-order chi connectivity index (χ1) is 16.3. The highest BCUT2D eigenvalue weighted by molar-refractivity contribution is 7.89. The number of hydrogen-bond acceptors (Lipinski definition) is 4. The van der Waals surface area contributed by atoms with E-state index in [9.17, 15) is 13.2 Å². The van der Waals surface area contributed by atoms with Crippen molar-refractivity contribution in [2.24, 2.45) is 0 Å². The molecule has 0 radical (unpaired) electrons. The Bertz CT molecular complexity index is 1210. The van der Waals surface area contributed by atoms with Gasteiger partial charge in [-0.2, -0.15) is 4.31 Å². The van der Waals surface area contributed by atoms with Crippen molar-refractivity contribution in [3.8, 4) is 0 Å². The van der Waals surface area contributed by atoms with Crippen LogP contribution in [-0.4, -0.2) is 37.9 Å². The summed E-state index contributed by atoms with van der Waals surface area (Å²) in [6, 6.07) is 26.7. The van der Waals surface area contributed by atoms with Crippen LogP contribution in [-0.2, 0) is 25.0 Å². The smallest absolute Gasteiger partial charge is 0.302 e. The van der Waals surface area contributed by atoms with Gasteiger partial charge in [0, 0.05) is 24.9 Å². The molecule has 176 valence electrons. The zero-order valence-corrected chi connectivity index (χ0v) is 20.2. The highest BCUT2D eigenvalue weighted by Gasteiger charge is 2.49. The number of carbonyl (C=O) groups excluding carboxylic acids is 1. The molecule has 1 unspecified atom stereocenters. The van der Waals surface area contributed by atoms with Crippen molar-refractivity contribution in [2.75, 3.05) is 13.2 Å². The summed E-state index contributed by atoms with van der Waals surface area (Å²) in [5.41, 5.74) is 2.62. The first-order valence-electron chi connectivity index (χ1n) is 11.3. The third-order valence-electron chi connectivity index (χ3n) is 6.37. The van der Waals surface area contributed by atoms with Gasteiger partial charge in [0.1, 0.15) is 6.61 Å². The maximum Gasteiger partial charge on any atom is 0.302 e. The van der Waals surface area contributed by atoms with Crippen LogP contribution < -0.4 is 0 Å². The van der Waals surface area contributed by atoms with Crippen LogP contribution in [0.3, 0.4) is 0 Å². The Labute approximate surface area is 201 Å². The number of benzene rings is 3. The lowest BCUT2D eigenvalue weighted by Crippen LogP contribution is -2.37. The second-order valence-electron chi connectivity index (χ2n) is 8.68. The summed E-state index contributed by atoms with van der Waals surface area (Å²) < 4.78 is 34.3. The van der Waals surface area contributed by atoms with Crippen LogP contribution in [0.1, 0.15) is 30.0 Å². The second-order valence-corrected chi connectivity index (χ2v) is 10.6. The van der Waals surface area contributed by atoms with Crippen molar-refractivity contribution >= 4 is 16.0 Å². The molecule has 0 amide bonds. The molecule has 0 saturated carbocycles. The monoisotopic (exact) mass is 475 g/mol. The van der Waals surface area contributed by atoms with Gasteiger partial charge in [-0.1, -0.05) is 84.4 Å². The van der Waals surface area contributed by atoms with Gasteiger partial charge in [0.2, 0.25) is 10.0 Å². The average molecular weight is 476 g/mol. The Kier molecular flexibility index (Phi) is 7.00. The van der Waals surface area contributed by atoms with Gasteiger partial charge in [-0.3, -0.25) is 4.79 Å². The Morgan fingerprint density at radius 3 is 2.06 bits per heavy atom. The van der Waals surface area contributed by atoms with Crippen LogP contribution >= 0.6 is 0 Å². The standard InChI is InChI=1S/C28H29NO4S/c1-22-15-17-27(18-16-22)34(31,32)29-21-28(24-10-5-3-6-11-24,25-12-7-4-8-13-25)20-26(29)14-9-19-33-23(2)30/h3-18,26H,19-21H2,1-2H3/b14-9+. The van der Waals surface area contributed by atoms with Gasteiger partial charge in [-0.05, 0) is 42.7 Å². The highest BCUT2D eigenvalue weighted by Crippen LogP contribution is 2.45. The molecular weight excluding hydrogens is 446 g/mol. The van der Waals surface area contributed by atoms with Gasteiger partial charge in [0.05, 0.1) is 4.90 Å². The van der Waals surface area contributed by atoms with E-state index in [-0.39, 0.29) is 17.5 Å². The maximum absolute atomic E-state index is 13.9. The zero-order valence-electron chi connectivity index (χ0n) is 19.4. The molecule has 1 saturated heterocycles. The molecule has 0 bridgehead atoms. The number of nitrogens with zero attached hydrogens (tertiary/aromatic N) is 1. The summed E-state index contributed by atoms with van der Waals surface area (Å²) in [4.78, 5) is 11.5. The number of carbonyl (C=O) groups is 1. The molecule has 1 heterocycles. The normalized spacial score (nSPS) is 18.2. The number of sulfonamides is 1. The number of esters is 1. The van der Waals surface area contributed by atoms with Gasteiger partial charge < -0.3 is 4.74 Å². The van der Waals surface area contributed by atoms with E-state index in [0.717, 1.165) is 16.7 Å². The van der Waals surface area contributed by atoms with Crippen molar-refractivity contribution in [3.05, 3.63) is 114 Å². The van der Waals surface area contributed by atoms with Crippen molar-refractivity contribution < 1.29 is 17.9 Å². The number of ether oxygens (including phenoxy) is 1. The minimum absolute atomic E-state index is 0.105. The summed E-state index contributed by atoms with van der Waals surface area (Å²) in [6.45, 7) is 3.70. The first kappa shape index (κ1) is 23.9. The predicted molar refractivity (Wildman–Crippen MR) is 133 cm³/mol. The van der Waals surface area contributed by atoms with Crippen LogP contribution in [0, 0.1) is 6.92 Å². The van der Waals surface area contributed by atoms with E-state index in [4.69, 9.17) is 4.74 Å². The minimum Gasteiger partial charge on any atom is -0.462 e. The van der Waals surface area contributed by atoms with Gasteiger partial charge in [-0.15, -0.1) is 0 Å². The van der Waals surface area contributed by atoms with Crippen LogP contribution in [0.25, 0.3) is 0 Å². The lowest BCUT2D eigenvalue weighted by atomic mass is 9.73. The van der Waals surface area contributed by atoms with E-state index in [0.29, 0.717) is 13.0 Å². The van der Waals surface area contributed by atoms with Crippen LogP contribution in [0.2, 0.25) is 0 Å². The Morgan fingerprint density at radius 2 is 1.53 bits per heavy atom. The molecule has 34 heavy (non-hydrogen) atoms. The van der Waals surface area contributed by atoms with E-state index in [1.165, 1.54) is 6.92 Å². The molecule has 1 aliphatic heterocycles. The molecule has 3 aromatic carbocycles. The summed E-state index contributed by atoms with van der Waals surface area (Å²) in [7, 11) is -3.77. The van der Waals surface area contributed by atoms with E-state index < -0.39 is 21.5 Å². The fraction of sp³-hybridized carbons (Fsp3) is 0.250. The summed E-state index contributed by atoms with van der Waals surface area (Å²) in [5, 5.41) is 0. The number of rotatable bonds is 7. The molecule has 0 N–H and O–H groups in total. The van der Waals surface area contributed by atoms with Crippen molar-refractivity contribution in [1.82, 2.24) is 4.31 Å². The van der Waals surface area contributed by atoms with Crippen LogP contribution in [0.15, 0.2) is 102 Å².